The van der Waals surface area contributed by atoms with Gasteiger partial charge in [-0.05, 0) is 12.7 Å². The Bertz CT molecular complexity index is 319. The van der Waals surface area contributed by atoms with E-state index in [1.54, 1.807) is 6.33 Å². The lowest BCUT2D eigenvalue weighted by atomic mass is 10.2. The Labute approximate surface area is 102 Å². The largest absolute Gasteiger partial charge is 0.373 e. The van der Waals surface area contributed by atoms with E-state index >= 15 is 0 Å². The molecule has 0 spiro atoms. The fraction of sp³-hybridized carbons (Fsp3) is 0.636. The highest BCUT2D eigenvalue weighted by Crippen LogP contribution is 2.18. The van der Waals surface area contributed by atoms with Crippen molar-refractivity contribution in [2.75, 3.05) is 36.3 Å². The zero-order valence-electron chi connectivity index (χ0n) is 10.4. The lowest BCUT2D eigenvalue weighted by Gasteiger charge is -2.27. The summed E-state index contributed by atoms with van der Waals surface area (Å²) < 4.78 is 0. The van der Waals surface area contributed by atoms with Crippen LogP contribution in [0.5, 0.6) is 0 Å². The normalized spacial score (nSPS) is 12.2. The maximum Gasteiger partial charge on any atom is 0.134 e. The van der Waals surface area contributed by atoms with Gasteiger partial charge < -0.3 is 10.2 Å². The molecule has 1 unspecified atom stereocenters. The van der Waals surface area contributed by atoms with Crippen molar-refractivity contribution in [3.8, 4) is 0 Å². The smallest absolute Gasteiger partial charge is 0.134 e. The lowest BCUT2D eigenvalue weighted by molar-refractivity contribution is 0.665. The van der Waals surface area contributed by atoms with E-state index in [9.17, 15) is 0 Å². The van der Waals surface area contributed by atoms with E-state index in [1.807, 2.05) is 24.9 Å². The Morgan fingerprint density at radius 2 is 2.25 bits per heavy atom. The van der Waals surface area contributed by atoms with Crippen molar-refractivity contribution >= 4 is 23.4 Å². The Morgan fingerprint density at radius 3 is 2.81 bits per heavy atom. The molecule has 0 radical (unpaired) electrons. The third-order valence-corrected chi connectivity index (χ3v) is 3.37. The summed E-state index contributed by atoms with van der Waals surface area (Å²) in [5.41, 5.74) is 0. The molecule has 1 aromatic rings. The van der Waals surface area contributed by atoms with Gasteiger partial charge in [-0.15, -0.1) is 0 Å². The van der Waals surface area contributed by atoms with Crippen LogP contribution in [-0.2, 0) is 0 Å². The lowest BCUT2D eigenvalue weighted by Crippen LogP contribution is -2.33. The van der Waals surface area contributed by atoms with Crippen molar-refractivity contribution in [3.05, 3.63) is 12.4 Å². The van der Waals surface area contributed by atoms with Gasteiger partial charge in [0.25, 0.3) is 0 Å². The molecule has 0 fully saturated rings. The van der Waals surface area contributed by atoms with E-state index in [2.05, 4.69) is 40.4 Å². The molecule has 0 aliphatic rings. The van der Waals surface area contributed by atoms with Crippen LogP contribution in [0.25, 0.3) is 0 Å². The van der Waals surface area contributed by atoms with E-state index in [0.717, 1.165) is 23.8 Å². The molecule has 1 atom stereocenters. The molecule has 0 aliphatic carbocycles. The fourth-order valence-electron chi connectivity index (χ4n) is 1.56. The van der Waals surface area contributed by atoms with Gasteiger partial charge in [0.15, 0.2) is 0 Å². The molecule has 0 aliphatic heterocycles. The standard InChI is InChI=1S/C11H20N4S/c1-5-9(7-16-4)15(3)11-6-10(12-2)13-8-14-11/h6,8-9H,5,7H2,1-4H3,(H,12,13,14). The Kier molecular flexibility index (Phi) is 5.38. The number of thioether (sulfide) groups is 1. The quantitative estimate of drug-likeness (QED) is 0.824. The van der Waals surface area contributed by atoms with Crippen LogP contribution in [-0.4, -0.2) is 42.1 Å². The SMILES string of the molecule is CCC(CSC)N(C)c1cc(NC)ncn1. The molecule has 4 nitrogen and oxygen atoms in total. The number of hydrogen-bond acceptors (Lipinski definition) is 5. The van der Waals surface area contributed by atoms with Crippen LogP contribution in [0, 0.1) is 0 Å². The van der Waals surface area contributed by atoms with Crippen LogP contribution in [0.1, 0.15) is 13.3 Å². The summed E-state index contributed by atoms with van der Waals surface area (Å²) in [6.45, 7) is 2.21. The summed E-state index contributed by atoms with van der Waals surface area (Å²) >= 11 is 1.87. The third-order valence-electron chi connectivity index (χ3n) is 2.65. The van der Waals surface area contributed by atoms with Gasteiger partial charge in [-0.2, -0.15) is 11.8 Å². The topological polar surface area (TPSA) is 41.0 Å². The Morgan fingerprint density at radius 1 is 1.50 bits per heavy atom. The molecule has 0 saturated heterocycles. The molecule has 0 saturated carbocycles. The van der Waals surface area contributed by atoms with E-state index in [4.69, 9.17) is 0 Å². The molecule has 90 valence electrons. The van der Waals surface area contributed by atoms with Gasteiger partial charge in [-0.25, -0.2) is 9.97 Å². The van der Waals surface area contributed by atoms with E-state index in [1.165, 1.54) is 0 Å². The molecule has 0 bridgehead atoms. The van der Waals surface area contributed by atoms with Crippen LogP contribution in [0.2, 0.25) is 0 Å². The van der Waals surface area contributed by atoms with Crippen LogP contribution in [0.3, 0.4) is 0 Å². The third kappa shape index (κ3) is 3.27. The van der Waals surface area contributed by atoms with Crippen LogP contribution >= 0.6 is 11.8 Å². The zero-order chi connectivity index (χ0) is 12.0. The second kappa shape index (κ2) is 6.58. The van der Waals surface area contributed by atoms with Crippen LogP contribution < -0.4 is 10.2 Å². The maximum absolute atomic E-state index is 4.30. The highest BCUT2D eigenvalue weighted by molar-refractivity contribution is 7.98. The second-order valence-corrected chi connectivity index (χ2v) is 4.55. The minimum atomic E-state index is 0.523. The van der Waals surface area contributed by atoms with Gasteiger partial charge in [0.1, 0.15) is 18.0 Å². The van der Waals surface area contributed by atoms with Crippen molar-refractivity contribution in [3.63, 3.8) is 0 Å². The number of nitrogens with zero attached hydrogens (tertiary/aromatic N) is 3. The Balaban J connectivity index is 2.80. The van der Waals surface area contributed by atoms with Gasteiger partial charge >= 0.3 is 0 Å². The summed E-state index contributed by atoms with van der Waals surface area (Å²) in [6.07, 6.45) is 4.86. The molecule has 1 rings (SSSR count). The number of anilines is 2. The van der Waals surface area contributed by atoms with Crippen LogP contribution in [0.4, 0.5) is 11.6 Å². The summed E-state index contributed by atoms with van der Waals surface area (Å²) in [4.78, 5) is 10.6. The molecular weight excluding hydrogens is 220 g/mol. The molecule has 1 aromatic heterocycles. The molecule has 16 heavy (non-hydrogen) atoms. The van der Waals surface area contributed by atoms with Crippen molar-refractivity contribution in [2.24, 2.45) is 0 Å². The van der Waals surface area contributed by atoms with Crippen molar-refractivity contribution < 1.29 is 0 Å². The molecule has 0 aromatic carbocycles. The van der Waals surface area contributed by atoms with Gasteiger partial charge in [-0.3, -0.25) is 0 Å². The first-order valence-electron chi connectivity index (χ1n) is 5.44. The molecule has 1 N–H and O–H groups in total. The van der Waals surface area contributed by atoms with E-state index in [-0.39, 0.29) is 0 Å². The van der Waals surface area contributed by atoms with Gasteiger partial charge in [0.2, 0.25) is 0 Å². The molecule has 5 heteroatoms. The van der Waals surface area contributed by atoms with Gasteiger partial charge in [-0.1, -0.05) is 6.92 Å². The Hall–Kier alpha value is -0.970. The fourth-order valence-corrected chi connectivity index (χ4v) is 2.40. The van der Waals surface area contributed by atoms with E-state index < -0.39 is 0 Å². The minimum absolute atomic E-state index is 0.523. The highest BCUT2D eigenvalue weighted by atomic mass is 32.2. The average Bonchev–Trinajstić information content (AvgIpc) is 2.35. The van der Waals surface area contributed by atoms with Crippen LogP contribution in [0.15, 0.2) is 12.4 Å². The first-order chi connectivity index (χ1) is 7.72. The van der Waals surface area contributed by atoms with Crippen molar-refractivity contribution in [1.29, 1.82) is 0 Å². The maximum atomic E-state index is 4.30. The number of rotatable bonds is 6. The summed E-state index contributed by atoms with van der Waals surface area (Å²) in [6, 6.07) is 2.50. The summed E-state index contributed by atoms with van der Waals surface area (Å²) in [5, 5.41) is 3.03. The number of aromatic nitrogens is 2. The molecular formula is C11H20N4S. The molecule has 0 amide bonds. The predicted octanol–water partition coefficient (Wildman–Crippen LogP) is 2.10. The number of nitrogens with one attached hydrogen (secondary N) is 1. The molecule has 1 heterocycles. The predicted molar refractivity (Wildman–Crippen MR) is 72.4 cm³/mol. The van der Waals surface area contributed by atoms with E-state index in [0.29, 0.717) is 6.04 Å². The summed E-state index contributed by atoms with van der Waals surface area (Å²) in [7, 11) is 3.96. The van der Waals surface area contributed by atoms with Crippen molar-refractivity contribution in [1.82, 2.24) is 9.97 Å². The highest BCUT2D eigenvalue weighted by Gasteiger charge is 2.14. The van der Waals surface area contributed by atoms with Gasteiger partial charge in [0, 0.05) is 32.0 Å². The average molecular weight is 240 g/mol. The zero-order valence-corrected chi connectivity index (χ0v) is 11.2. The number of hydrogen-bond donors (Lipinski definition) is 1. The minimum Gasteiger partial charge on any atom is -0.373 e. The van der Waals surface area contributed by atoms with Gasteiger partial charge in [0.05, 0.1) is 0 Å². The monoisotopic (exact) mass is 240 g/mol. The second-order valence-electron chi connectivity index (χ2n) is 3.64. The first kappa shape index (κ1) is 13.1. The van der Waals surface area contributed by atoms with Crippen molar-refractivity contribution in [2.45, 2.75) is 19.4 Å². The summed E-state index contributed by atoms with van der Waals surface area (Å²) in [5.74, 6) is 2.95. The first-order valence-corrected chi connectivity index (χ1v) is 6.83.